The van der Waals surface area contributed by atoms with Gasteiger partial charge in [-0.15, -0.1) is 0 Å². The highest BCUT2D eigenvalue weighted by Gasteiger charge is 2.24. The Labute approximate surface area is 102 Å². The summed E-state index contributed by atoms with van der Waals surface area (Å²) < 4.78 is 20.3. The average Bonchev–Trinajstić information content (AvgIpc) is 2.93. The molecule has 0 amide bonds. The van der Waals surface area contributed by atoms with Crippen molar-refractivity contribution in [2.24, 2.45) is 0 Å². The predicted octanol–water partition coefficient (Wildman–Crippen LogP) is 2.65. The van der Waals surface area contributed by atoms with Crippen LogP contribution in [0.2, 0.25) is 0 Å². The number of nitrogens with zero attached hydrogens (tertiary/aromatic N) is 2. The van der Waals surface area contributed by atoms with Crippen molar-refractivity contribution in [2.45, 2.75) is 12.5 Å². The number of rotatable bonds is 2. The molecule has 18 heavy (non-hydrogen) atoms. The number of benzene rings is 1. The second-order valence-corrected chi connectivity index (χ2v) is 4.36. The van der Waals surface area contributed by atoms with Crippen molar-refractivity contribution in [3.8, 4) is 0 Å². The van der Waals surface area contributed by atoms with Crippen LogP contribution in [-0.2, 0) is 4.74 Å². The standard InChI is InChI=1S/C12H11FN2O3/c13-8-1-2-11-10(5-8)12(15(16)17)6-14(11)9-3-4-18-7-9/h1-2,5-6,9H,3-4,7H2. The molecule has 3 rings (SSSR count). The van der Waals surface area contributed by atoms with E-state index in [0.29, 0.717) is 24.1 Å². The van der Waals surface area contributed by atoms with E-state index >= 15 is 0 Å². The van der Waals surface area contributed by atoms with Crippen molar-refractivity contribution in [2.75, 3.05) is 13.2 Å². The summed E-state index contributed by atoms with van der Waals surface area (Å²) in [6, 6.07) is 4.19. The molecule has 0 N–H and O–H groups in total. The summed E-state index contributed by atoms with van der Waals surface area (Å²) in [6.07, 6.45) is 2.29. The first-order valence-electron chi connectivity index (χ1n) is 5.69. The fraction of sp³-hybridized carbons (Fsp3) is 0.333. The van der Waals surface area contributed by atoms with E-state index in [2.05, 4.69) is 0 Å². The lowest BCUT2D eigenvalue weighted by atomic mass is 10.2. The maximum atomic E-state index is 13.2. The zero-order chi connectivity index (χ0) is 12.7. The van der Waals surface area contributed by atoms with E-state index in [0.717, 1.165) is 6.42 Å². The Kier molecular flexibility index (Phi) is 2.52. The molecular formula is C12H11FN2O3. The number of halogens is 1. The lowest BCUT2D eigenvalue weighted by molar-refractivity contribution is -0.383. The van der Waals surface area contributed by atoms with Gasteiger partial charge in [0.25, 0.3) is 5.69 Å². The third-order valence-corrected chi connectivity index (χ3v) is 3.27. The van der Waals surface area contributed by atoms with Gasteiger partial charge in [0.2, 0.25) is 0 Å². The first kappa shape index (κ1) is 11.2. The number of aromatic nitrogens is 1. The summed E-state index contributed by atoms with van der Waals surface area (Å²) in [7, 11) is 0. The van der Waals surface area contributed by atoms with Crippen LogP contribution in [0.25, 0.3) is 10.9 Å². The molecule has 0 radical (unpaired) electrons. The van der Waals surface area contributed by atoms with Gasteiger partial charge in [0.1, 0.15) is 5.82 Å². The molecule has 1 aromatic carbocycles. The minimum atomic E-state index is -0.478. The minimum Gasteiger partial charge on any atom is -0.379 e. The highest BCUT2D eigenvalue weighted by Crippen LogP contribution is 2.33. The average molecular weight is 250 g/mol. The first-order valence-corrected chi connectivity index (χ1v) is 5.69. The maximum Gasteiger partial charge on any atom is 0.294 e. The lowest BCUT2D eigenvalue weighted by Gasteiger charge is -2.10. The second kappa shape index (κ2) is 4.06. The zero-order valence-corrected chi connectivity index (χ0v) is 9.51. The number of hydrogen-bond donors (Lipinski definition) is 0. The zero-order valence-electron chi connectivity index (χ0n) is 9.51. The summed E-state index contributed by atoms with van der Waals surface area (Å²) in [6.45, 7) is 1.19. The molecule has 1 fully saturated rings. The van der Waals surface area contributed by atoms with Crippen molar-refractivity contribution < 1.29 is 14.1 Å². The summed E-state index contributed by atoms with van der Waals surface area (Å²) in [5.74, 6) is -0.467. The highest BCUT2D eigenvalue weighted by molar-refractivity contribution is 5.89. The Balaban J connectivity index is 2.22. The van der Waals surface area contributed by atoms with Gasteiger partial charge in [-0.05, 0) is 24.6 Å². The van der Waals surface area contributed by atoms with E-state index in [1.54, 1.807) is 6.07 Å². The van der Waals surface area contributed by atoms with Crippen LogP contribution in [-0.4, -0.2) is 22.7 Å². The molecule has 0 bridgehead atoms. The van der Waals surface area contributed by atoms with E-state index in [-0.39, 0.29) is 11.7 Å². The molecule has 0 spiro atoms. The van der Waals surface area contributed by atoms with Gasteiger partial charge in [0, 0.05) is 6.61 Å². The molecule has 1 aromatic heterocycles. The van der Waals surface area contributed by atoms with Crippen LogP contribution in [0.5, 0.6) is 0 Å². The van der Waals surface area contributed by atoms with Gasteiger partial charge in [-0.3, -0.25) is 10.1 Å². The number of fused-ring (bicyclic) bond motifs is 1. The fourth-order valence-corrected chi connectivity index (χ4v) is 2.40. The van der Waals surface area contributed by atoms with Crippen LogP contribution < -0.4 is 0 Å². The summed E-state index contributed by atoms with van der Waals surface area (Å²) in [5.41, 5.74) is 0.620. The van der Waals surface area contributed by atoms with Crippen LogP contribution in [0.15, 0.2) is 24.4 Å². The predicted molar refractivity (Wildman–Crippen MR) is 63.0 cm³/mol. The molecule has 1 aliphatic rings. The Bertz CT molecular complexity index is 617. The SMILES string of the molecule is O=[N+]([O-])c1cn(C2CCOC2)c2ccc(F)cc12. The maximum absolute atomic E-state index is 13.2. The molecule has 1 unspecified atom stereocenters. The molecule has 2 heterocycles. The number of ether oxygens (including phenoxy) is 1. The Hall–Kier alpha value is -1.95. The molecule has 2 aromatic rings. The lowest BCUT2D eigenvalue weighted by Crippen LogP contribution is -2.06. The molecule has 6 heteroatoms. The van der Waals surface area contributed by atoms with Gasteiger partial charge in [0.05, 0.1) is 34.7 Å². The van der Waals surface area contributed by atoms with Crippen molar-refractivity contribution in [3.63, 3.8) is 0 Å². The molecule has 1 aliphatic heterocycles. The van der Waals surface area contributed by atoms with E-state index in [4.69, 9.17) is 4.74 Å². The number of nitro groups is 1. The normalized spacial score (nSPS) is 19.5. The molecule has 0 aliphatic carbocycles. The van der Waals surface area contributed by atoms with Gasteiger partial charge in [-0.1, -0.05) is 0 Å². The number of hydrogen-bond acceptors (Lipinski definition) is 3. The molecule has 1 saturated heterocycles. The smallest absolute Gasteiger partial charge is 0.294 e. The van der Waals surface area contributed by atoms with Crippen LogP contribution in [0, 0.1) is 15.9 Å². The third-order valence-electron chi connectivity index (χ3n) is 3.27. The Morgan fingerprint density at radius 2 is 2.33 bits per heavy atom. The summed E-state index contributed by atoms with van der Waals surface area (Å²) >= 11 is 0. The van der Waals surface area contributed by atoms with Gasteiger partial charge >= 0.3 is 0 Å². The second-order valence-electron chi connectivity index (χ2n) is 4.36. The highest BCUT2D eigenvalue weighted by atomic mass is 19.1. The van der Waals surface area contributed by atoms with Crippen LogP contribution in [0.3, 0.4) is 0 Å². The van der Waals surface area contributed by atoms with Crippen molar-refractivity contribution in [1.29, 1.82) is 0 Å². The fourth-order valence-electron chi connectivity index (χ4n) is 2.40. The van der Waals surface area contributed by atoms with E-state index in [1.165, 1.54) is 18.3 Å². The largest absolute Gasteiger partial charge is 0.379 e. The Morgan fingerprint density at radius 3 is 3.00 bits per heavy atom. The molecule has 1 atom stereocenters. The van der Waals surface area contributed by atoms with Crippen LogP contribution >= 0.6 is 0 Å². The minimum absolute atomic E-state index is 0.0589. The quantitative estimate of drug-likeness (QED) is 0.608. The monoisotopic (exact) mass is 250 g/mol. The van der Waals surface area contributed by atoms with Crippen LogP contribution in [0.1, 0.15) is 12.5 Å². The molecule has 5 nitrogen and oxygen atoms in total. The van der Waals surface area contributed by atoms with E-state index < -0.39 is 10.7 Å². The first-order chi connectivity index (χ1) is 8.66. The van der Waals surface area contributed by atoms with Gasteiger partial charge in [0.15, 0.2) is 0 Å². The van der Waals surface area contributed by atoms with E-state index in [1.807, 2.05) is 4.57 Å². The molecule has 0 saturated carbocycles. The van der Waals surface area contributed by atoms with Gasteiger partial charge in [-0.25, -0.2) is 4.39 Å². The molecular weight excluding hydrogens is 239 g/mol. The van der Waals surface area contributed by atoms with Crippen molar-refractivity contribution in [3.05, 3.63) is 40.3 Å². The van der Waals surface area contributed by atoms with E-state index in [9.17, 15) is 14.5 Å². The summed E-state index contributed by atoms with van der Waals surface area (Å²) in [5, 5.41) is 11.3. The Morgan fingerprint density at radius 1 is 1.50 bits per heavy atom. The summed E-state index contributed by atoms with van der Waals surface area (Å²) in [4.78, 5) is 10.5. The third kappa shape index (κ3) is 1.65. The molecule has 94 valence electrons. The van der Waals surface area contributed by atoms with Crippen LogP contribution in [0.4, 0.5) is 10.1 Å². The van der Waals surface area contributed by atoms with Gasteiger partial charge in [-0.2, -0.15) is 0 Å². The van der Waals surface area contributed by atoms with Crippen molar-refractivity contribution >= 4 is 16.6 Å². The van der Waals surface area contributed by atoms with Crippen molar-refractivity contribution in [1.82, 2.24) is 4.57 Å². The van der Waals surface area contributed by atoms with Gasteiger partial charge < -0.3 is 9.30 Å². The topological polar surface area (TPSA) is 57.3 Å².